The molecule has 16 heavy (non-hydrogen) atoms. The molecule has 0 aliphatic rings. The van der Waals surface area contributed by atoms with E-state index in [-0.39, 0.29) is 17.6 Å². The average molecular weight is 248 g/mol. The zero-order valence-corrected chi connectivity index (χ0v) is 10.5. The lowest BCUT2D eigenvalue weighted by molar-refractivity contribution is -0.141. The van der Waals surface area contributed by atoms with E-state index >= 15 is 0 Å². The topological polar surface area (TPSA) is 92.4 Å². The minimum Gasteiger partial charge on any atom is -0.480 e. The van der Waals surface area contributed by atoms with Crippen LogP contribution in [0.25, 0.3) is 0 Å². The van der Waals surface area contributed by atoms with Crippen LogP contribution in [0.15, 0.2) is 0 Å². The smallest absolute Gasteiger partial charge is 0.326 e. The molecule has 0 saturated carbocycles. The molecule has 0 aromatic rings. The van der Waals surface area contributed by atoms with Gasteiger partial charge in [-0.2, -0.15) is 11.8 Å². The fourth-order valence-electron chi connectivity index (χ4n) is 1.18. The third-order valence-corrected chi connectivity index (χ3v) is 2.83. The Morgan fingerprint density at radius 2 is 2.06 bits per heavy atom. The van der Waals surface area contributed by atoms with Crippen LogP contribution in [0.5, 0.6) is 0 Å². The molecule has 0 bridgehead atoms. The minimum atomic E-state index is -0.981. The van der Waals surface area contributed by atoms with E-state index in [4.69, 9.17) is 10.8 Å². The maximum absolute atomic E-state index is 11.4. The van der Waals surface area contributed by atoms with Crippen LogP contribution in [0.4, 0.5) is 0 Å². The van der Waals surface area contributed by atoms with Crippen LogP contribution < -0.4 is 11.1 Å². The van der Waals surface area contributed by atoms with Gasteiger partial charge >= 0.3 is 5.97 Å². The number of hydrogen-bond donors (Lipinski definition) is 3. The Morgan fingerprint density at radius 3 is 2.50 bits per heavy atom. The molecule has 0 fully saturated rings. The first kappa shape index (κ1) is 15.2. The quantitative estimate of drug-likeness (QED) is 0.537. The van der Waals surface area contributed by atoms with Gasteiger partial charge in [0.1, 0.15) is 6.04 Å². The van der Waals surface area contributed by atoms with Crippen molar-refractivity contribution in [2.45, 2.75) is 26.3 Å². The molecule has 94 valence electrons. The number of hydrogen-bond acceptors (Lipinski definition) is 4. The summed E-state index contributed by atoms with van der Waals surface area (Å²) in [7, 11) is 0. The zero-order valence-electron chi connectivity index (χ0n) is 9.73. The van der Waals surface area contributed by atoms with E-state index in [1.807, 2.05) is 13.8 Å². The summed E-state index contributed by atoms with van der Waals surface area (Å²) in [5.41, 5.74) is 5.28. The Bertz CT molecular complexity index is 234. The number of thioether (sulfide) groups is 1. The van der Waals surface area contributed by atoms with Gasteiger partial charge in [0.15, 0.2) is 0 Å². The largest absolute Gasteiger partial charge is 0.480 e. The average Bonchev–Trinajstić information content (AvgIpc) is 2.16. The summed E-state index contributed by atoms with van der Waals surface area (Å²) >= 11 is 1.40. The van der Waals surface area contributed by atoms with E-state index in [0.717, 1.165) is 0 Å². The van der Waals surface area contributed by atoms with Crippen molar-refractivity contribution in [3.8, 4) is 0 Å². The second kappa shape index (κ2) is 8.41. The standard InChI is InChI=1S/C10H20N2O3S/c1-7(2)5-8(10(14)15)12-9(13)6-16-4-3-11/h7-8H,3-6,11H2,1-2H3,(H,12,13)(H,14,15). The maximum atomic E-state index is 11.4. The minimum absolute atomic E-state index is 0.234. The highest BCUT2D eigenvalue weighted by atomic mass is 32.2. The number of aliphatic carboxylic acids is 1. The number of carbonyl (C=O) groups excluding carboxylic acids is 1. The van der Waals surface area contributed by atoms with E-state index in [1.54, 1.807) is 0 Å². The molecule has 4 N–H and O–H groups in total. The van der Waals surface area contributed by atoms with Gasteiger partial charge in [0.05, 0.1) is 5.75 Å². The number of nitrogens with two attached hydrogens (primary N) is 1. The molecule has 0 aliphatic heterocycles. The summed E-state index contributed by atoms with van der Waals surface area (Å²) in [5, 5.41) is 11.4. The van der Waals surface area contributed by atoms with Crippen LogP contribution in [0.2, 0.25) is 0 Å². The van der Waals surface area contributed by atoms with Gasteiger partial charge < -0.3 is 16.2 Å². The van der Waals surface area contributed by atoms with Gasteiger partial charge in [-0.1, -0.05) is 13.8 Å². The highest BCUT2D eigenvalue weighted by Crippen LogP contribution is 2.05. The second-order valence-corrected chi connectivity index (χ2v) is 5.03. The molecule has 0 radical (unpaired) electrons. The molecule has 0 spiro atoms. The first-order valence-corrected chi connectivity index (χ1v) is 6.42. The van der Waals surface area contributed by atoms with Crippen molar-refractivity contribution in [1.29, 1.82) is 0 Å². The highest BCUT2D eigenvalue weighted by Gasteiger charge is 2.20. The molecule has 0 aromatic carbocycles. The first-order valence-electron chi connectivity index (χ1n) is 5.27. The number of nitrogens with one attached hydrogen (secondary N) is 1. The molecule has 0 rings (SSSR count). The van der Waals surface area contributed by atoms with E-state index in [0.29, 0.717) is 18.7 Å². The third kappa shape index (κ3) is 7.53. The molecule has 6 heteroatoms. The van der Waals surface area contributed by atoms with Crippen molar-refractivity contribution >= 4 is 23.6 Å². The van der Waals surface area contributed by atoms with E-state index in [9.17, 15) is 9.59 Å². The Morgan fingerprint density at radius 1 is 1.44 bits per heavy atom. The first-order chi connectivity index (χ1) is 7.47. The summed E-state index contributed by atoms with van der Waals surface area (Å²) in [6.45, 7) is 4.36. The molecule has 1 unspecified atom stereocenters. The summed E-state index contributed by atoms with van der Waals surface area (Å²) in [6.07, 6.45) is 0.447. The lowest BCUT2D eigenvalue weighted by Gasteiger charge is -2.16. The van der Waals surface area contributed by atoms with E-state index < -0.39 is 12.0 Å². The molecular formula is C10H20N2O3S. The van der Waals surface area contributed by atoms with Crippen molar-refractivity contribution in [2.75, 3.05) is 18.1 Å². The van der Waals surface area contributed by atoms with Crippen LogP contribution in [0.3, 0.4) is 0 Å². The molecular weight excluding hydrogens is 228 g/mol. The molecule has 5 nitrogen and oxygen atoms in total. The van der Waals surface area contributed by atoms with Gasteiger partial charge in [-0.15, -0.1) is 0 Å². The SMILES string of the molecule is CC(C)CC(NC(=O)CSCCN)C(=O)O. The van der Waals surface area contributed by atoms with Gasteiger partial charge in [-0.3, -0.25) is 4.79 Å². The van der Waals surface area contributed by atoms with Crippen molar-refractivity contribution in [1.82, 2.24) is 5.32 Å². The third-order valence-electron chi connectivity index (χ3n) is 1.84. The summed E-state index contributed by atoms with van der Waals surface area (Å²) in [4.78, 5) is 22.2. The normalized spacial score (nSPS) is 12.5. The van der Waals surface area contributed by atoms with Crippen LogP contribution in [-0.2, 0) is 9.59 Å². The lowest BCUT2D eigenvalue weighted by Crippen LogP contribution is -2.42. The van der Waals surface area contributed by atoms with Crippen molar-refractivity contribution in [3.05, 3.63) is 0 Å². The molecule has 0 aliphatic carbocycles. The number of carbonyl (C=O) groups is 2. The van der Waals surface area contributed by atoms with E-state index in [2.05, 4.69) is 5.32 Å². The summed E-state index contributed by atoms with van der Waals surface area (Å²) in [5.74, 6) is -0.0236. The van der Waals surface area contributed by atoms with Gasteiger partial charge in [-0.05, 0) is 12.3 Å². The van der Waals surface area contributed by atoms with Gasteiger partial charge in [-0.25, -0.2) is 4.79 Å². The number of carboxylic acid groups (broad SMARTS) is 1. The molecule has 1 amide bonds. The monoisotopic (exact) mass is 248 g/mol. The molecule has 1 atom stereocenters. The predicted octanol–water partition coefficient (Wildman–Crippen LogP) is 0.294. The Hall–Kier alpha value is -0.750. The Kier molecular flexibility index (Phi) is 8.01. The summed E-state index contributed by atoms with van der Waals surface area (Å²) < 4.78 is 0. The maximum Gasteiger partial charge on any atom is 0.326 e. The fraction of sp³-hybridized carbons (Fsp3) is 0.800. The fourth-order valence-corrected chi connectivity index (χ4v) is 1.76. The summed E-state index contributed by atoms with van der Waals surface area (Å²) in [6, 6.07) is -0.786. The van der Waals surface area contributed by atoms with E-state index in [1.165, 1.54) is 11.8 Å². The lowest BCUT2D eigenvalue weighted by atomic mass is 10.0. The van der Waals surface area contributed by atoms with Crippen molar-refractivity contribution < 1.29 is 14.7 Å². The van der Waals surface area contributed by atoms with Gasteiger partial charge in [0.25, 0.3) is 0 Å². The van der Waals surface area contributed by atoms with Crippen molar-refractivity contribution in [3.63, 3.8) is 0 Å². The van der Waals surface area contributed by atoms with Crippen LogP contribution >= 0.6 is 11.8 Å². The zero-order chi connectivity index (χ0) is 12.6. The number of rotatable bonds is 8. The predicted molar refractivity (Wildman–Crippen MR) is 65.4 cm³/mol. The highest BCUT2D eigenvalue weighted by molar-refractivity contribution is 7.99. The van der Waals surface area contributed by atoms with Crippen LogP contribution in [0.1, 0.15) is 20.3 Å². The van der Waals surface area contributed by atoms with Crippen LogP contribution in [-0.4, -0.2) is 41.1 Å². The molecule has 0 heterocycles. The second-order valence-electron chi connectivity index (χ2n) is 3.93. The Labute approximate surface area is 100 Å². The van der Waals surface area contributed by atoms with Gasteiger partial charge in [0.2, 0.25) is 5.91 Å². The molecule has 0 saturated heterocycles. The number of amides is 1. The number of carboxylic acids is 1. The molecule has 0 aromatic heterocycles. The van der Waals surface area contributed by atoms with Gasteiger partial charge in [0, 0.05) is 12.3 Å². The van der Waals surface area contributed by atoms with Crippen molar-refractivity contribution in [2.24, 2.45) is 11.7 Å². The Balaban J connectivity index is 3.98. The van der Waals surface area contributed by atoms with Crippen LogP contribution in [0, 0.1) is 5.92 Å².